The molecule has 0 saturated heterocycles. The summed E-state index contributed by atoms with van der Waals surface area (Å²) < 4.78 is 3.22. The number of hydrogen-bond acceptors (Lipinski definition) is 5. The average Bonchev–Trinajstić information content (AvgIpc) is 3.12. The van der Waals surface area contributed by atoms with Crippen molar-refractivity contribution in [3.63, 3.8) is 0 Å². The topological polar surface area (TPSA) is 69.3 Å². The number of benzene rings is 2. The zero-order chi connectivity index (χ0) is 22.3. The average molecular weight is 433 g/mol. The van der Waals surface area contributed by atoms with Crippen LogP contribution in [0.4, 0.5) is 0 Å². The minimum absolute atomic E-state index is 0.0333. The Labute approximate surface area is 185 Å². The van der Waals surface area contributed by atoms with Crippen LogP contribution in [0.1, 0.15) is 38.2 Å². The first kappa shape index (κ1) is 21.1. The highest BCUT2D eigenvalue weighted by Gasteiger charge is 2.16. The standard InChI is InChI=1S/C24H24N4O2S/c1-14-8-15(2)10-19(9-14)27-6-7-28-22(23(27)30)25-26-24(28)31-13-21(29)20-12-17(4)16(3)11-18(20)5/h6-12H,13H2,1-5H3. The van der Waals surface area contributed by atoms with Gasteiger partial charge >= 0.3 is 5.56 Å². The largest absolute Gasteiger partial charge is 0.300 e. The second-order valence-corrected chi connectivity index (χ2v) is 8.90. The smallest absolute Gasteiger partial charge is 0.293 e. The summed E-state index contributed by atoms with van der Waals surface area (Å²) >= 11 is 1.29. The predicted octanol–water partition coefficient (Wildman–Crippen LogP) is 4.40. The van der Waals surface area contributed by atoms with Gasteiger partial charge in [0, 0.05) is 23.6 Å². The molecule has 0 amide bonds. The zero-order valence-electron chi connectivity index (χ0n) is 18.3. The van der Waals surface area contributed by atoms with Gasteiger partial charge in [0.25, 0.3) is 0 Å². The van der Waals surface area contributed by atoms with Crippen LogP contribution < -0.4 is 5.56 Å². The third-order valence-electron chi connectivity index (χ3n) is 5.40. The van der Waals surface area contributed by atoms with Crippen molar-refractivity contribution in [2.24, 2.45) is 0 Å². The van der Waals surface area contributed by atoms with Crippen molar-refractivity contribution >= 4 is 23.2 Å². The van der Waals surface area contributed by atoms with E-state index in [1.54, 1.807) is 21.4 Å². The number of Topliss-reactive ketones (excluding diaryl/α,β-unsaturated/α-hetero) is 1. The van der Waals surface area contributed by atoms with Crippen molar-refractivity contribution in [1.82, 2.24) is 19.2 Å². The fourth-order valence-corrected chi connectivity index (χ4v) is 4.53. The molecule has 0 aliphatic rings. The number of nitrogens with zero attached hydrogens (tertiary/aromatic N) is 4. The van der Waals surface area contributed by atoms with Gasteiger partial charge in [0.15, 0.2) is 10.9 Å². The van der Waals surface area contributed by atoms with Crippen LogP contribution in [0.15, 0.2) is 52.7 Å². The van der Waals surface area contributed by atoms with Crippen LogP contribution in [0, 0.1) is 34.6 Å². The number of hydrogen-bond donors (Lipinski definition) is 0. The van der Waals surface area contributed by atoms with Crippen LogP contribution in [0.5, 0.6) is 0 Å². The van der Waals surface area contributed by atoms with Crippen molar-refractivity contribution in [3.05, 3.63) is 86.5 Å². The summed E-state index contributed by atoms with van der Waals surface area (Å²) in [4.78, 5) is 25.8. The maximum Gasteiger partial charge on any atom is 0.300 e. The Bertz CT molecular complexity index is 1360. The number of thioether (sulfide) groups is 1. The third-order valence-corrected chi connectivity index (χ3v) is 6.34. The Hall–Kier alpha value is -3.19. The molecule has 0 atom stereocenters. The molecule has 2 heterocycles. The van der Waals surface area contributed by atoms with Gasteiger partial charge in [-0.05, 0) is 80.6 Å². The van der Waals surface area contributed by atoms with Crippen LogP contribution in [0.25, 0.3) is 11.3 Å². The molecule has 0 spiro atoms. The number of carbonyl (C=O) groups is 1. The van der Waals surface area contributed by atoms with Crippen molar-refractivity contribution in [1.29, 1.82) is 0 Å². The minimum Gasteiger partial charge on any atom is -0.293 e. The van der Waals surface area contributed by atoms with Crippen molar-refractivity contribution in [3.8, 4) is 5.69 Å². The molecular weight excluding hydrogens is 408 g/mol. The SMILES string of the molecule is Cc1cc(C)cc(-n2ccn3c(SCC(=O)c4cc(C)c(C)cc4C)nnc3c2=O)c1. The van der Waals surface area contributed by atoms with Crippen LogP contribution in [-0.4, -0.2) is 30.7 Å². The maximum atomic E-state index is 13.0. The first-order valence-electron chi connectivity index (χ1n) is 10.0. The first-order chi connectivity index (χ1) is 14.7. The number of aryl methyl sites for hydroxylation is 5. The Morgan fingerprint density at radius 1 is 0.871 bits per heavy atom. The van der Waals surface area contributed by atoms with E-state index >= 15 is 0 Å². The summed E-state index contributed by atoms with van der Waals surface area (Å²) in [5.74, 6) is 0.260. The van der Waals surface area contributed by atoms with Crippen molar-refractivity contribution in [2.45, 2.75) is 39.8 Å². The molecule has 0 aliphatic heterocycles. The lowest BCUT2D eigenvalue weighted by Crippen LogP contribution is -2.20. The second-order valence-electron chi connectivity index (χ2n) is 7.96. The van der Waals surface area contributed by atoms with E-state index in [9.17, 15) is 9.59 Å². The highest BCUT2D eigenvalue weighted by atomic mass is 32.2. The van der Waals surface area contributed by atoms with E-state index in [0.29, 0.717) is 5.16 Å². The molecule has 0 unspecified atom stereocenters. The molecule has 0 saturated carbocycles. The van der Waals surface area contributed by atoms with Gasteiger partial charge in [0.05, 0.1) is 5.75 Å². The van der Waals surface area contributed by atoms with Crippen LogP contribution in [0.3, 0.4) is 0 Å². The monoisotopic (exact) mass is 432 g/mol. The van der Waals surface area contributed by atoms with Gasteiger partial charge in [-0.1, -0.05) is 23.9 Å². The number of fused-ring (bicyclic) bond motifs is 1. The molecule has 31 heavy (non-hydrogen) atoms. The number of ketones is 1. The van der Waals surface area contributed by atoms with Gasteiger partial charge in [-0.3, -0.25) is 18.6 Å². The summed E-state index contributed by atoms with van der Waals surface area (Å²) in [7, 11) is 0. The second kappa shape index (κ2) is 8.15. The summed E-state index contributed by atoms with van der Waals surface area (Å²) in [6.07, 6.45) is 3.48. The van der Waals surface area contributed by atoms with Gasteiger partial charge in [-0.15, -0.1) is 10.2 Å². The summed E-state index contributed by atoms with van der Waals surface area (Å²) in [6, 6.07) is 9.96. The predicted molar refractivity (Wildman–Crippen MR) is 124 cm³/mol. The summed E-state index contributed by atoms with van der Waals surface area (Å²) in [5, 5.41) is 8.77. The molecule has 2 aromatic heterocycles. The van der Waals surface area contributed by atoms with E-state index in [2.05, 4.69) is 16.3 Å². The molecule has 2 aromatic carbocycles. The van der Waals surface area contributed by atoms with E-state index in [0.717, 1.165) is 33.5 Å². The van der Waals surface area contributed by atoms with E-state index < -0.39 is 0 Å². The van der Waals surface area contributed by atoms with Crippen LogP contribution in [-0.2, 0) is 0 Å². The molecule has 4 rings (SSSR count). The number of rotatable bonds is 5. The first-order valence-corrected chi connectivity index (χ1v) is 11.0. The Morgan fingerprint density at radius 2 is 1.55 bits per heavy atom. The molecule has 4 aromatic rings. The quantitative estimate of drug-likeness (QED) is 0.345. The Balaban J connectivity index is 1.62. The van der Waals surface area contributed by atoms with Gasteiger partial charge in [-0.25, -0.2) is 0 Å². The zero-order valence-corrected chi connectivity index (χ0v) is 19.1. The van der Waals surface area contributed by atoms with Crippen LogP contribution >= 0.6 is 11.8 Å². The fourth-order valence-electron chi connectivity index (χ4n) is 3.73. The lowest BCUT2D eigenvalue weighted by atomic mass is 9.99. The molecule has 0 fully saturated rings. The van der Waals surface area contributed by atoms with Crippen molar-refractivity contribution < 1.29 is 4.79 Å². The highest BCUT2D eigenvalue weighted by Crippen LogP contribution is 2.21. The van der Waals surface area contributed by atoms with Crippen LogP contribution in [0.2, 0.25) is 0 Å². The minimum atomic E-state index is -0.247. The Kier molecular flexibility index (Phi) is 5.54. The van der Waals surface area contributed by atoms with Gasteiger partial charge in [0.1, 0.15) is 0 Å². The molecule has 0 bridgehead atoms. The van der Waals surface area contributed by atoms with E-state index in [-0.39, 0.29) is 22.7 Å². The summed E-state index contributed by atoms with van der Waals surface area (Å²) in [5.41, 5.74) is 6.91. The van der Waals surface area contributed by atoms with Gasteiger partial charge in [-0.2, -0.15) is 0 Å². The van der Waals surface area contributed by atoms with Gasteiger partial charge in [0.2, 0.25) is 5.65 Å². The highest BCUT2D eigenvalue weighted by molar-refractivity contribution is 7.99. The molecule has 7 heteroatoms. The fraction of sp³-hybridized carbons (Fsp3) is 0.250. The number of aromatic nitrogens is 4. The molecule has 0 radical (unpaired) electrons. The van der Waals surface area contributed by atoms with Gasteiger partial charge < -0.3 is 0 Å². The van der Waals surface area contributed by atoms with Crippen molar-refractivity contribution in [2.75, 3.05) is 5.75 Å². The lowest BCUT2D eigenvalue weighted by molar-refractivity contribution is 0.102. The molecule has 6 nitrogen and oxygen atoms in total. The third kappa shape index (κ3) is 4.05. The molecule has 0 aliphatic carbocycles. The lowest BCUT2D eigenvalue weighted by Gasteiger charge is -2.09. The van der Waals surface area contributed by atoms with E-state index in [1.807, 2.05) is 58.9 Å². The maximum absolute atomic E-state index is 13.0. The molecular formula is C24H24N4O2S. The molecule has 158 valence electrons. The molecule has 0 N–H and O–H groups in total. The van der Waals surface area contributed by atoms with E-state index in [4.69, 9.17) is 0 Å². The normalized spacial score (nSPS) is 11.3. The van der Waals surface area contributed by atoms with E-state index in [1.165, 1.54) is 17.3 Å². The number of carbonyl (C=O) groups excluding carboxylic acids is 1. The Morgan fingerprint density at radius 3 is 2.26 bits per heavy atom. The summed E-state index contributed by atoms with van der Waals surface area (Å²) in [6.45, 7) is 10.00.